The first-order valence-corrected chi connectivity index (χ1v) is 13.4. The fraction of sp³-hybridized carbons (Fsp3) is 0.0556. The molecule has 0 saturated carbocycles. The standard InChI is InChI=1S/C36H28N4/c1-21-5-7-25-9-11-27-13-15-33(39-35(27)23(25)3)31-19-20-32(38-31)34-16-14-28-12-10-26(24(4)36(28)40-34)8-6-22(2)30-18-17-29(21)37-30/h5-20,37-38H,1-2H2,3-4H3. The van der Waals surface area contributed by atoms with Crippen LogP contribution < -0.4 is 0 Å². The average molecular weight is 517 g/mol. The molecule has 192 valence electrons. The molecule has 0 fully saturated rings. The van der Waals surface area contributed by atoms with Gasteiger partial charge in [-0.05, 0) is 83.6 Å². The van der Waals surface area contributed by atoms with Gasteiger partial charge in [0.25, 0.3) is 0 Å². The van der Waals surface area contributed by atoms with Crippen molar-refractivity contribution < 1.29 is 0 Å². The number of H-pyrrole nitrogens is 2. The molecule has 7 rings (SSSR count). The summed E-state index contributed by atoms with van der Waals surface area (Å²) in [6.07, 6.45) is 8.32. The normalized spacial score (nSPS) is 13.2. The maximum atomic E-state index is 5.07. The number of nitrogens with zero attached hydrogens (tertiary/aromatic N) is 2. The molecule has 4 heteroatoms. The second-order valence-corrected chi connectivity index (χ2v) is 10.4. The van der Waals surface area contributed by atoms with Crippen LogP contribution in [0.3, 0.4) is 0 Å². The number of rotatable bonds is 0. The van der Waals surface area contributed by atoms with E-state index in [2.05, 4.69) is 134 Å². The molecule has 1 aliphatic heterocycles. The first kappa shape index (κ1) is 23.9. The van der Waals surface area contributed by atoms with Crippen LogP contribution >= 0.6 is 0 Å². The highest BCUT2D eigenvalue weighted by Crippen LogP contribution is 2.30. The fourth-order valence-electron chi connectivity index (χ4n) is 5.38. The minimum Gasteiger partial charge on any atom is -0.355 e. The molecular weight excluding hydrogens is 488 g/mol. The Morgan fingerprint density at radius 3 is 1.35 bits per heavy atom. The molecule has 2 N–H and O–H groups in total. The number of allylic oxidation sites excluding steroid dienone is 4. The summed E-state index contributed by atoms with van der Waals surface area (Å²) < 4.78 is 0. The van der Waals surface area contributed by atoms with Crippen molar-refractivity contribution in [3.05, 3.63) is 132 Å². The Kier molecular flexibility index (Phi) is 5.49. The van der Waals surface area contributed by atoms with Crippen LogP contribution in [0, 0.1) is 13.8 Å². The van der Waals surface area contributed by atoms with E-state index in [4.69, 9.17) is 9.97 Å². The summed E-state index contributed by atoms with van der Waals surface area (Å²) in [5.41, 5.74) is 13.9. The monoisotopic (exact) mass is 516 g/mol. The number of aromatic amines is 2. The van der Waals surface area contributed by atoms with Crippen molar-refractivity contribution in [2.24, 2.45) is 0 Å². The molecule has 0 spiro atoms. The SMILES string of the molecule is C=C1C=Cc2ccc3ccc(nc3c2C)-c2ccc([nH]2)-c2ccc3ccc(c(C)c3n2)C=CC(=C)c2ccc1[nH]2. The van der Waals surface area contributed by atoms with Crippen molar-refractivity contribution in [2.75, 3.05) is 0 Å². The lowest BCUT2D eigenvalue weighted by atomic mass is 10.0. The van der Waals surface area contributed by atoms with Crippen molar-refractivity contribution in [3.8, 4) is 22.8 Å². The zero-order valence-corrected chi connectivity index (χ0v) is 22.5. The molecule has 5 heterocycles. The maximum Gasteiger partial charge on any atom is 0.0872 e. The fourth-order valence-corrected chi connectivity index (χ4v) is 5.38. The van der Waals surface area contributed by atoms with Gasteiger partial charge in [0.05, 0.1) is 33.8 Å². The molecule has 6 aromatic rings. The van der Waals surface area contributed by atoms with Crippen molar-refractivity contribution in [3.63, 3.8) is 0 Å². The Bertz CT molecular complexity index is 1920. The number of aromatic nitrogens is 4. The van der Waals surface area contributed by atoms with E-state index in [9.17, 15) is 0 Å². The molecule has 0 atom stereocenters. The summed E-state index contributed by atoms with van der Waals surface area (Å²) in [4.78, 5) is 17.2. The van der Waals surface area contributed by atoms with Crippen molar-refractivity contribution in [2.45, 2.75) is 13.8 Å². The molecule has 1 aliphatic rings. The molecule has 0 saturated heterocycles. The molecule has 0 radical (unpaired) electrons. The van der Waals surface area contributed by atoms with Crippen LogP contribution in [0.2, 0.25) is 0 Å². The van der Waals surface area contributed by atoms with Crippen LogP contribution in [0.25, 0.3) is 67.9 Å². The highest BCUT2D eigenvalue weighted by atomic mass is 14.8. The zero-order valence-electron chi connectivity index (χ0n) is 22.5. The molecule has 40 heavy (non-hydrogen) atoms. The number of fused-ring (bicyclic) bond motifs is 10. The van der Waals surface area contributed by atoms with Gasteiger partial charge in [0.15, 0.2) is 0 Å². The lowest BCUT2D eigenvalue weighted by Gasteiger charge is -2.09. The number of benzene rings is 2. The van der Waals surface area contributed by atoms with Gasteiger partial charge in [-0.3, -0.25) is 0 Å². The van der Waals surface area contributed by atoms with Gasteiger partial charge in [-0.1, -0.05) is 73.9 Å². The molecule has 0 amide bonds. The summed E-state index contributed by atoms with van der Waals surface area (Å²) in [6.45, 7) is 12.8. The average Bonchev–Trinajstić information content (AvgIpc) is 3.67. The van der Waals surface area contributed by atoms with E-state index in [1.807, 2.05) is 0 Å². The number of hydrogen-bond donors (Lipinski definition) is 2. The van der Waals surface area contributed by atoms with E-state index in [1.54, 1.807) is 0 Å². The van der Waals surface area contributed by atoms with E-state index in [-0.39, 0.29) is 0 Å². The third kappa shape index (κ3) is 4.02. The van der Waals surface area contributed by atoms with E-state index in [0.29, 0.717) is 0 Å². The number of nitrogens with one attached hydrogen (secondary N) is 2. The third-order valence-corrected chi connectivity index (χ3v) is 7.86. The van der Waals surface area contributed by atoms with Crippen LogP contribution in [0.5, 0.6) is 0 Å². The van der Waals surface area contributed by atoms with Crippen molar-refractivity contribution >= 4 is 45.1 Å². The largest absolute Gasteiger partial charge is 0.355 e. The van der Waals surface area contributed by atoms with Gasteiger partial charge in [-0.2, -0.15) is 0 Å². The van der Waals surface area contributed by atoms with Crippen LogP contribution in [0.4, 0.5) is 0 Å². The summed E-state index contributed by atoms with van der Waals surface area (Å²) in [7, 11) is 0. The molecule has 2 aromatic carbocycles. The zero-order chi connectivity index (χ0) is 27.4. The van der Waals surface area contributed by atoms with E-state index in [1.165, 1.54) is 0 Å². The highest BCUT2D eigenvalue weighted by Gasteiger charge is 2.12. The van der Waals surface area contributed by atoms with E-state index < -0.39 is 0 Å². The predicted octanol–water partition coefficient (Wildman–Crippen LogP) is 9.16. The number of aryl methyl sites for hydroxylation is 2. The van der Waals surface area contributed by atoms with Crippen molar-refractivity contribution in [1.82, 2.24) is 19.9 Å². The Morgan fingerprint density at radius 2 is 0.875 bits per heavy atom. The van der Waals surface area contributed by atoms with Crippen LogP contribution in [-0.2, 0) is 0 Å². The second kappa shape index (κ2) is 9.21. The Balaban J connectivity index is 1.42. The molecule has 0 aliphatic carbocycles. The Morgan fingerprint density at radius 1 is 0.475 bits per heavy atom. The summed E-state index contributed by atoms with van der Waals surface area (Å²) in [5.74, 6) is 0. The minimum absolute atomic E-state index is 0.901. The lowest BCUT2D eigenvalue weighted by Crippen LogP contribution is -1.92. The predicted molar refractivity (Wildman–Crippen MR) is 169 cm³/mol. The quantitative estimate of drug-likeness (QED) is 0.211. The van der Waals surface area contributed by atoms with Crippen LogP contribution in [-0.4, -0.2) is 19.9 Å². The lowest BCUT2D eigenvalue weighted by molar-refractivity contribution is 1.28. The second-order valence-electron chi connectivity index (χ2n) is 10.4. The molecule has 4 nitrogen and oxygen atoms in total. The summed E-state index contributed by atoms with van der Waals surface area (Å²) in [6, 6.07) is 25.2. The van der Waals surface area contributed by atoms with Crippen molar-refractivity contribution in [1.29, 1.82) is 0 Å². The Labute approximate surface area is 233 Å². The van der Waals surface area contributed by atoms with Crippen LogP contribution in [0.15, 0.2) is 98.1 Å². The van der Waals surface area contributed by atoms with Gasteiger partial charge in [0, 0.05) is 22.2 Å². The number of pyridine rings is 2. The molecule has 4 aromatic heterocycles. The molecule has 10 bridgehead atoms. The van der Waals surface area contributed by atoms with E-state index in [0.717, 1.165) is 89.4 Å². The van der Waals surface area contributed by atoms with Gasteiger partial charge in [-0.25, -0.2) is 9.97 Å². The number of hydrogen-bond acceptors (Lipinski definition) is 2. The summed E-state index contributed by atoms with van der Waals surface area (Å²) >= 11 is 0. The third-order valence-electron chi connectivity index (χ3n) is 7.86. The Hall–Kier alpha value is -5.22. The highest BCUT2D eigenvalue weighted by molar-refractivity contribution is 5.90. The van der Waals surface area contributed by atoms with E-state index >= 15 is 0 Å². The first-order valence-electron chi connectivity index (χ1n) is 13.4. The minimum atomic E-state index is 0.901. The van der Waals surface area contributed by atoms with Gasteiger partial charge in [0.2, 0.25) is 0 Å². The van der Waals surface area contributed by atoms with Gasteiger partial charge < -0.3 is 9.97 Å². The first-order chi connectivity index (χ1) is 19.4. The van der Waals surface area contributed by atoms with Gasteiger partial charge in [0.1, 0.15) is 0 Å². The molecule has 0 unspecified atom stereocenters. The maximum absolute atomic E-state index is 5.07. The van der Waals surface area contributed by atoms with Crippen LogP contribution in [0.1, 0.15) is 33.6 Å². The van der Waals surface area contributed by atoms with Gasteiger partial charge >= 0.3 is 0 Å². The topological polar surface area (TPSA) is 57.4 Å². The smallest absolute Gasteiger partial charge is 0.0872 e. The van der Waals surface area contributed by atoms with Gasteiger partial charge in [-0.15, -0.1) is 0 Å². The summed E-state index contributed by atoms with van der Waals surface area (Å²) in [5, 5.41) is 2.23. The molecular formula is C36H28N4.